The van der Waals surface area contributed by atoms with Gasteiger partial charge in [0.25, 0.3) is 0 Å². The predicted molar refractivity (Wildman–Crippen MR) is 102 cm³/mol. The van der Waals surface area contributed by atoms with Gasteiger partial charge in [0.15, 0.2) is 0 Å². The van der Waals surface area contributed by atoms with Crippen molar-refractivity contribution in [2.75, 3.05) is 7.11 Å². The van der Waals surface area contributed by atoms with Gasteiger partial charge in [0.1, 0.15) is 5.75 Å². The lowest BCUT2D eigenvalue weighted by Gasteiger charge is -2.44. The SMILES string of the molecule is C=Cn1cc(CN2[C@@H]3CC[C@H]2CC(O)(c2ccc(OC)cc2)C3)c(C)n1. The highest BCUT2D eigenvalue weighted by Crippen LogP contribution is 2.46. The zero-order valence-electron chi connectivity index (χ0n) is 15.6. The molecule has 5 nitrogen and oxygen atoms in total. The normalized spacial score (nSPS) is 28.3. The quantitative estimate of drug-likeness (QED) is 0.896. The topological polar surface area (TPSA) is 50.5 Å². The fourth-order valence-corrected chi connectivity index (χ4v) is 4.68. The summed E-state index contributed by atoms with van der Waals surface area (Å²) in [6, 6.07) is 8.71. The van der Waals surface area contributed by atoms with Crippen LogP contribution in [-0.2, 0) is 12.1 Å². The Morgan fingerprint density at radius 2 is 1.92 bits per heavy atom. The number of aryl methyl sites for hydroxylation is 1. The van der Waals surface area contributed by atoms with Crippen molar-refractivity contribution in [2.24, 2.45) is 0 Å². The number of hydrogen-bond acceptors (Lipinski definition) is 4. The molecule has 3 atom stereocenters. The van der Waals surface area contributed by atoms with E-state index < -0.39 is 5.60 Å². The second kappa shape index (κ2) is 6.56. The summed E-state index contributed by atoms with van der Waals surface area (Å²) in [5.41, 5.74) is 2.57. The van der Waals surface area contributed by atoms with Crippen LogP contribution in [0.15, 0.2) is 37.0 Å². The van der Waals surface area contributed by atoms with Crippen LogP contribution in [0.3, 0.4) is 0 Å². The Morgan fingerprint density at radius 3 is 2.46 bits per heavy atom. The van der Waals surface area contributed by atoms with Crippen molar-refractivity contribution in [3.63, 3.8) is 0 Å². The molecule has 2 saturated heterocycles. The summed E-state index contributed by atoms with van der Waals surface area (Å²) in [5.74, 6) is 0.826. The fourth-order valence-electron chi connectivity index (χ4n) is 4.68. The number of ether oxygens (including phenoxy) is 1. The van der Waals surface area contributed by atoms with Crippen LogP contribution in [0.5, 0.6) is 5.75 Å². The molecule has 0 amide bonds. The van der Waals surface area contributed by atoms with Gasteiger partial charge < -0.3 is 9.84 Å². The molecule has 0 radical (unpaired) electrons. The summed E-state index contributed by atoms with van der Waals surface area (Å²) >= 11 is 0. The lowest BCUT2D eigenvalue weighted by atomic mass is 9.80. The molecule has 0 saturated carbocycles. The van der Waals surface area contributed by atoms with Crippen LogP contribution < -0.4 is 4.74 Å². The highest BCUT2D eigenvalue weighted by Gasteiger charge is 2.48. The second-order valence-electron chi connectivity index (χ2n) is 7.63. The van der Waals surface area contributed by atoms with Gasteiger partial charge in [0, 0.05) is 36.6 Å². The summed E-state index contributed by atoms with van der Waals surface area (Å²) in [6.45, 7) is 6.73. The Kier molecular flexibility index (Phi) is 4.37. The second-order valence-corrected chi connectivity index (χ2v) is 7.63. The first-order chi connectivity index (χ1) is 12.5. The number of fused-ring (bicyclic) bond motifs is 2. The molecule has 1 aromatic heterocycles. The number of aliphatic hydroxyl groups is 1. The van der Waals surface area contributed by atoms with Gasteiger partial charge in [-0.15, -0.1) is 0 Å². The molecule has 138 valence electrons. The first kappa shape index (κ1) is 17.3. The van der Waals surface area contributed by atoms with E-state index in [1.54, 1.807) is 18.0 Å². The number of nitrogens with zero attached hydrogens (tertiary/aromatic N) is 3. The van der Waals surface area contributed by atoms with Crippen LogP contribution >= 0.6 is 0 Å². The number of piperidine rings is 1. The molecule has 4 rings (SSSR count). The van der Waals surface area contributed by atoms with Gasteiger partial charge in [-0.05, 0) is 50.3 Å². The molecule has 5 heteroatoms. The van der Waals surface area contributed by atoms with Gasteiger partial charge in [0.2, 0.25) is 0 Å². The average Bonchev–Trinajstić information content (AvgIpc) is 3.12. The Labute approximate surface area is 154 Å². The van der Waals surface area contributed by atoms with Crippen molar-refractivity contribution in [1.82, 2.24) is 14.7 Å². The van der Waals surface area contributed by atoms with Crippen LogP contribution in [0.4, 0.5) is 0 Å². The van der Waals surface area contributed by atoms with Gasteiger partial charge in [-0.2, -0.15) is 5.10 Å². The van der Waals surface area contributed by atoms with Crippen LogP contribution in [0.2, 0.25) is 0 Å². The van der Waals surface area contributed by atoms with E-state index in [0.29, 0.717) is 12.1 Å². The van der Waals surface area contributed by atoms with E-state index in [9.17, 15) is 5.11 Å². The predicted octanol–water partition coefficient (Wildman–Crippen LogP) is 3.32. The maximum atomic E-state index is 11.4. The van der Waals surface area contributed by atoms with Crippen LogP contribution in [0.1, 0.15) is 42.5 Å². The van der Waals surface area contributed by atoms with Gasteiger partial charge in [-0.25, -0.2) is 4.68 Å². The largest absolute Gasteiger partial charge is 0.497 e. The molecule has 1 unspecified atom stereocenters. The third-order valence-corrected chi connectivity index (χ3v) is 6.10. The molecule has 2 aliphatic rings. The Balaban J connectivity index is 1.53. The molecule has 26 heavy (non-hydrogen) atoms. The standard InChI is InChI=1S/C21H27N3O2/c1-4-23-13-16(15(2)22-23)14-24-18-7-8-19(24)12-21(25,11-18)17-5-9-20(26-3)10-6-17/h4-6,9-10,13,18-19,25H,1,7-8,11-12,14H2,2-3H3/t18-,19+,21?. The van der Waals surface area contributed by atoms with Gasteiger partial charge in [0.05, 0.1) is 18.4 Å². The van der Waals surface area contributed by atoms with E-state index in [2.05, 4.69) is 29.7 Å². The minimum atomic E-state index is -0.741. The highest BCUT2D eigenvalue weighted by atomic mass is 16.5. The van der Waals surface area contributed by atoms with Crippen molar-refractivity contribution in [1.29, 1.82) is 0 Å². The summed E-state index contributed by atoms with van der Waals surface area (Å²) in [6.07, 6.45) is 7.65. The monoisotopic (exact) mass is 353 g/mol. The molecule has 2 aromatic rings. The molecule has 3 heterocycles. The highest BCUT2D eigenvalue weighted by molar-refractivity contribution is 5.32. The minimum Gasteiger partial charge on any atom is -0.497 e. The first-order valence-corrected chi connectivity index (χ1v) is 9.32. The zero-order chi connectivity index (χ0) is 18.3. The summed E-state index contributed by atoms with van der Waals surface area (Å²) < 4.78 is 7.03. The van der Waals surface area contributed by atoms with Crippen molar-refractivity contribution in [3.8, 4) is 5.75 Å². The molecule has 2 fully saturated rings. The van der Waals surface area contributed by atoms with Gasteiger partial charge in [-0.1, -0.05) is 18.7 Å². The first-order valence-electron chi connectivity index (χ1n) is 9.32. The van der Waals surface area contributed by atoms with Gasteiger partial charge in [-0.3, -0.25) is 4.90 Å². The van der Waals surface area contributed by atoms with Crippen LogP contribution in [-0.4, -0.2) is 39.0 Å². The van der Waals surface area contributed by atoms with E-state index in [4.69, 9.17) is 4.74 Å². The Bertz CT molecular complexity index is 782. The van der Waals surface area contributed by atoms with Gasteiger partial charge >= 0.3 is 0 Å². The molecule has 0 spiro atoms. The zero-order valence-corrected chi connectivity index (χ0v) is 15.6. The van der Waals surface area contributed by atoms with Crippen molar-refractivity contribution in [2.45, 2.75) is 56.8 Å². The van der Waals surface area contributed by atoms with E-state index in [-0.39, 0.29) is 0 Å². The maximum absolute atomic E-state index is 11.4. The van der Waals surface area contributed by atoms with E-state index in [0.717, 1.165) is 49.2 Å². The minimum absolute atomic E-state index is 0.410. The summed E-state index contributed by atoms with van der Waals surface area (Å²) in [5, 5.41) is 15.8. The molecule has 2 aliphatic heterocycles. The number of methoxy groups -OCH3 is 1. The number of aromatic nitrogens is 2. The maximum Gasteiger partial charge on any atom is 0.118 e. The molecular weight excluding hydrogens is 326 g/mol. The Morgan fingerprint density at radius 1 is 1.27 bits per heavy atom. The molecule has 1 N–H and O–H groups in total. The summed E-state index contributed by atoms with van der Waals surface area (Å²) in [7, 11) is 1.67. The van der Waals surface area contributed by atoms with Crippen molar-refractivity contribution in [3.05, 3.63) is 53.9 Å². The lowest BCUT2D eigenvalue weighted by Crippen LogP contribution is -2.49. The third kappa shape index (κ3) is 2.95. The smallest absolute Gasteiger partial charge is 0.118 e. The number of rotatable bonds is 5. The van der Waals surface area contributed by atoms with Crippen molar-refractivity contribution >= 4 is 6.20 Å². The molecule has 1 aromatic carbocycles. The molecule has 2 bridgehead atoms. The van der Waals surface area contributed by atoms with Crippen molar-refractivity contribution < 1.29 is 9.84 Å². The molecule has 0 aliphatic carbocycles. The van der Waals surface area contributed by atoms with Crippen LogP contribution in [0, 0.1) is 6.92 Å². The number of benzene rings is 1. The average molecular weight is 353 g/mol. The number of hydrogen-bond donors (Lipinski definition) is 1. The van der Waals surface area contributed by atoms with E-state index in [1.807, 2.05) is 24.3 Å². The Hall–Kier alpha value is -2.11. The lowest BCUT2D eigenvalue weighted by molar-refractivity contribution is -0.0595. The van der Waals surface area contributed by atoms with E-state index in [1.165, 1.54) is 5.56 Å². The fraction of sp³-hybridized carbons (Fsp3) is 0.476. The van der Waals surface area contributed by atoms with E-state index >= 15 is 0 Å². The molecular formula is C21H27N3O2. The van der Waals surface area contributed by atoms with Crippen LogP contribution in [0.25, 0.3) is 6.20 Å². The summed E-state index contributed by atoms with van der Waals surface area (Å²) in [4.78, 5) is 2.56. The third-order valence-electron chi connectivity index (χ3n) is 6.10.